The van der Waals surface area contributed by atoms with E-state index in [1.165, 1.54) is 11.8 Å². The Kier molecular flexibility index (Phi) is 6.41. The molecule has 0 atom stereocenters. The van der Waals surface area contributed by atoms with Crippen LogP contribution in [-0.2, 0) is 4.79 Å². The summed E-state index contributed by atoms with van der Waals surface area (Å²) in [6.07, 6.45) is 0.494. The SMILES string of the molecule is CC(C)CC(=O)Nc1ccc(C(=O)CSc2ccccc2)cc1. The zero-order valence-corrected chi connectivity index (χ0v) is 14.2. The Balaban J connectivity index is 1.88. The smallest absolute Gasteiger partial charge is 0.224 e. The Labute approximate surface area is 141 Å². The van der Waals surface area contributed by atoms with E-state index in [0.717, 1.165) is 10.6 Å². The predicted molar refractivity (Wildman–Crippen MR) is 96.0 cm³/mol. The van der Waals surface area contributed by atoms with Gasteiger partial charge in [-0.1, -0.05) is 32.0 Å². The largest absolute Gasteiger partial charge is 0.326 e. The van der Waals surface area contributed by atoms with Crippen molar-refractivity contribution in [3.05, 3.63) is 60.2 Å². The number of ketones is 1. The van der Waals surface area contributed by atoms with E-state index >= 15 is 0 Å². The Bertz CT molecular complexity index is 651. The number of amides is 1. The van der Waals surface area contributed by atoms with Gasteiger partial charge in [0.05, 0.1) is 5.75 Å². The third-order valence-electron chi connectivity index (χ3n) is 3.20. The first-order valence-electron chi connectivity index (χ1n) is 7.65. The number of carbonyl (C=O) groups excluding carboxylic acids is 2. The van der Waals surface area contributed by atoms with Crippen molar-refractivity contribution in [3.8, 4) is 0 Å². The number of nitrogens with one attached hydrogen (secondary N) is 1. The molecular formula is C19H21NO2S. The number of carbonyl (C=O) groups is 2. The van der Waals surface area contributed by atoms with Crippen LogP contribution in [0.15, 0.2) is 59.5 Å². The van der Waals surface area contributed by atoms with Crippen LogP contribution in [0.4, 0.5) is 5.69 Å². The van der Waals surface area contributed by atoms with Gasteiger partial charge in [-0.25, -0.2) is 0 Å². The van der Waals surface area contributed by atoms with Gasteiger partial charge in [0.25, 0.3) is 0 Å². The van der Waals surface area contributed by atoms with Crippen LogP contribution >= 0.6 is 11.8 Å². The fourth-order valence-corrected chi connectivity index (χ4v) is 2.89. The maximum Gasteiger partial charge on any atom is 0.224 e. The standard InChI is InChI=1S/C19H21NO2S/c1-14(2)12-19(22)20-16-10-8-15(9-11-16)18(21)13-23-17-6-4-3-5-7-17/h3-11,14H,12-13H2,1-2H3,(H,20,22). The molecule has 2 aromatic rings. The second-order valence-corrected chi connectivity index (χ2v) is 6.80. The third kappa shape index (κ3) is 5.91. The molecule has 0 aromatic heterocycles. The summed E-state index contributed by atoms with van der Waals surface area (Å²) < 4.78 is 0. The molecule has 3 nitrogen and oxygen atoms in total. The van der Waals surface area contributed by atoms with E-state index in [4.69, 9.17) is 0 Å². The van der Waals surface area contributed by atoms with E-state index in [9.17, 15) is 9.59 Å². The van der Waals surface area contributed by atoms with Gasteiger partial charge in [-0.3, -0.25) is 9.59 Å². The number of hydrogen-bond acceptors (Lipinski definition) is 3. The molecule has 120 valence electrons. The summed E-state index contributed by atoms with van der Waals surface area (Å²) in [4.78, 5) is 25.0. The van der Waals surface area contributed by atoms with Crippen LogP contribution in [0.5, 0.6) is 0 Å². The van der Waals surface area contributed by atoms with Crippen molar-refractivity contribution in [1.82, 2.24) is 0 Å². The Morgan fingerprint density at radius 3 is 2.26 bits per heavy atom. The molecule has 0 saturated carbocycles. The molecule has 0 radical (unpaired) electrons. The normalized spacial score (nSPS) is 10.6. The maximum atomic E-state index is 12.2. The molecule has 1 amide bonds. The van der Waals surface area contributed by atoms with Crippen LogP contribution in [-0.4, -0.2) is 17.4 Å². The Morgan fingerprint density at radius 1 is 1.00 bits per heavy atom. The molecule has 23 heavy (non-hydrogen) atoms. The topological polar surface area (TPSA) is 46.2 Å². The van der Waals surface area contributed by atoms with Gasteiger partial charge >= 0.3 is 0 Å². The highest BCUT2D eigenvalue weighted by Gasteiger charge is 2.08. The quantitative estimate of drug-likeness (QED) is 0.595. The Morgan fingerprint density at radius 2 is 1.65 bits per heavy atom. The van der Waals surface area contributed by atoms with E-state index in [1.807, 2.05) is 44.2 Å². The first kappa shape index (κ1) is 17.3. The molecule has 2 aromatic carbocycles. The number of hydrogen-bond donors (Lipinski definition) is 1. The highest BCUT2D eigenvalue weighted by molar-refractivity contribution is 8.00. The van der Waals surface area contributed by atoms with Crippen LogP contribution in [0.25, 0.3) is 0 Å². The molecule has 0 unspecified atom stereocenters. The number of thioether (sulfide) groups is 1. The van der Waals surface area contributed by atoms with Crippen molar-refractivity contribution in [1.29, 1.82) is 0 Å². The van der Waals surface area contributed by atoms with Gasteiger partial charge in [-0.05, 0) is 42.3 Å². The zero-order valence-electron chi connectivity index (χ0n) is 13.4. The predicted octanol–water partition coefficient (Wildman–Crippen LogP) is 4.65. The minimum atomic E-state index is -0.00119. The second-order valence-electron chi connectivity index (χ2n) is 5.75. The summed E-state index contributed by atoms with van der Waals surface area (Å²) in [6, 6.07) is 16.9. The minimum Gasteiger partial charge on any atom is -0.326 e. The summed E-state index contributed by atoms with van der Waals surface area (Å²) in [7, 11) is 0. The van der Waals surface area contributed by atoms with Crippen molar-refractivity contribution in [3.63, 3.8) is 0 Å². The van der Waals surface area contributed by atoms with E-state index in [2.05, 4.69) is 5.32 Å². The lowest BCUT2D eigenvalue weighted by molar-refractivity contribution is -0.116. The van der Waals surface area contributed by atoms with Gasteiger partial charge in [0.15, 0.2) is 5.78 Å². The van der Waals surface area contributed by atoms with Crippen molar-refractivity contribution >= 4 is 29.1 Å². The molecule has 0 saturated heterocycles. The fourth-order valence-electron chi connectivity index (χ4n) is 2.07. The van der Waals surface area contributed by atoms with Crippen molar-refractivity contribution in [2.75, 3.05) is 11.1 Å². The lowest BCUT2D eigenvalue weighted by Gasteiger charge is -2.08. The molecule has 0 fully saturated rings. The molecule has 2 rings (SSSR count). The molecule has 0 bridgehead atoms. The van der Waals surface area contributed by atoms with Crippen molar-refractivity contribution in [2.45, 2.75) is 25.2 Å². The van der Waals surface area contributed by atoms with Crippen molar-refractivity contribution in [2.24, 2.45) is 5.92 Å². The van der Waals surface area contributed by atoms with Gasteiger partial charge < -0.3 is 5.32 Å². The molecular weight excluding hydrogens is 306 g/mol. The van der Waals surface area contributed by atoms with Crippen LogP contribution in [0.3, 0.4) is 0 Å². The van der Waals surface area contributed by atoms with Crippen LogP contribution in [0.1, 0.15) is 30.6 Å². The summed E-state index contributed by atoms with van der Waals surface area (Å²) in [5.41, 5.74) is 1.39. The number of benzene rings is 2. The van der Waals surface area contributed by atoms with E-state index in [0.29, 0.717) is 23.7 Å². The van der Waals surface area contributed by atoms with Gasteiger partial charge in [0, 0.05) is 22.6 Å². The van der Waals surface area contributed by atoms with Crippen molar-refractivity contribution < 1.29 is 9.59 Å². The lowest BCUT2D eigenvalue weighted by Crippen LogP contribution is -2.14. The van der Waals surface area contributed by atoms with E-state index in [-0.39, 0.29) is 11.7 Å². The number of rotatable bonds is 7. The van der Waals surface area contributed by atoms with Crippen LogP contribution < -0.4 is 5.32 Å². The maximum absolute atomic E-state index is 12.2. The lowest BCUT2D eigenvalue weighted by atomic mass is 10.1. The van der Waals surface area contributed by atoms with Crippen LogP contribution in [0.2, 0.25) is 0 Å². The molecule has 0 aliphatic heterocycles. The van der Waals surface area contributed by atoms with Gasteiger partial charge in [0.2, 0.25) is 5.91 Å². The number of anilines is 1. The second kappa shape index (κ2) is 8.53. The summed E-state index contributed by atoms with van der Waals surface area (Å²) in [5.74, 6) is 0.812. The molecule has 0 spiro atoms. The molecule has 4 heteroatoms. The summed E-state index contributed by atoms with van der Waals surface area (Å²) >= 11 is 1.53. The van der Waals surface area contributed by atoms with Gasteiger partial charge in [0.1, 0.15) is 0 Å². The zero-order chi connectivity index (χ0) is 16.7. The monoisotopic (exact) mass is 327 g/mol. The minimum absolute atomic E-state index is 0.00119. The van der Waals surface area contributed by atoms with Crippen LogP contribution in [0, 0.1) is 5.92 Å². The Hall–Kier alpha value is -2.07. The highest BCUT2D eigenvalue weighted by atomic mass is 32.2. The summed E-state index contributed by atoms with van der Waals surface area (Å²) in [5, 5.41) is 2.84. The highest BCUT2D eigenvalue weighted by Crippen LogP contribution is 2.19. The molecule has 0 aliphatic rings. The first-order valence-corrected chi connectivity index (χ1v) is 8.64. The average Bonchev–Trinajstić information content (AvgIpc) is 2.53. The number of Topliss-reactive ketones (excluding diaryl/α,β-unsaturated/α-hetero) is 1. The molecule has 0 heterocycles. The molecule has 1 N–H and O–H groups in total. The third-order valence-corrected chi connectivity index (χ3v) is 4.21. The van der Waals surface area contributed by atoms with E-state index in [1.54, 1.807) is 24.3 Å². The first-order chi connectivity index (χ1) is 11.0. The molecule has 0 aliphatic carbocycles. The fraction of sp³-hybridized carbons (Fsp3) is 0.263. The van der Waals surface area contributed by atoms with Gasteiger partial charge in [-0.2, -0.15) is 0 Å². The van der Waals surface area contributed by atoms with E-state index < -0.39 is 0 Å². The van der Waals surface area contributed by atoms with Gasteiger partial charge in [-0.15, -0.1) is 11.8 Å². The summed E-state index contributed by atoms with van der Waals surface area (Å²) in [6.45, 7) is 4.01. The average molecular weight is 327 g/mol.